The summed E-state index contributed by atoms with van der Waals surface area (Å²) in [5.74, 6) is -2.17. The molecule has 0 radical (unpaired) electrons. The number of aliphatic carboxylic acids is 1. The number of carbonyl (C=O) groups is 1. The number of hydrogen-bond acceptors (Lipinski definition) is 5. The Kier molecular flexibility index (Phi) is 6.83. The van der Waals surface area contributed by atoms with Crippen LogP contribution in [0.1, 0.15) is 17.0 Å². The van der Waals surface area contributed by atoms with Crippen molar-refractivity contribution in [2.45, 2.75) is 26.2 Å². The summed E-state index contributed by atoms with van der Waals surface area (Å²) in [6.45, 7) is 3.21. The Morgan fingerprint density at radius 2 is 1.81 bits per heavy atom. The van der Waals surface area contributed by atoms with Crippen molar-refractivity contribution in [2.75, 3.05) is 0 Å². The van der Waals surface area contributed by atoms with E-state index in [2.05, 4.69) is 31.4 Å². The number of fused-ring (bicyclic) bond motifs is 1. The zero-order valence-corrected chi connectivity index (χ0v) is 16.7. The van der Waals surface area contributed by atoms with Gasteiger partial charge in [-0.25, -0.2) is 23.8 Å². The minimum atomic E-state index is -5.08. The van der Waals surface area contributed by atoms with E-state index in [1.165, 1.54) is 23.4 Å². The minimum Gasteiger partial charge on any atom is -0.475 e. The second kappa shape index (κ2) is 9.56. The highest BCUT2D eigenvalue weighted by Gasteiger charge is 2.38. The Hall–Kier alpha value is -3.80. The highest BCUT2D eigenvalue weighted by atomic mass is 19.4. The van der Waals surface area contributed by atoms with Gasteiger partial charge < -0.3 is 15.4 Å². The number of aromatic nitrogens is 5. The van der Waals surface area contributed by atoms with E-state index in [1.807, 2.05) is 25.1 Å². The number of rotatable bonds is 5. The molecule has 8 nitrogen and oxygen atoms in total. The third kappa shape index (κ3) is 5.88. The van der Waals surface area contributed by atoms with Crippen LogP contribution in [0.2, 0.25) is 0 Å². The maximum atomic E-state index is 14.2. The number of H-pyrrole nitrogens is 1. The smallest absolute Gasteiger partial charge is 0.475 e. The van der Waals surface area contributed by atoms with Crippen LogP contribution in [-0.2, 0) is 17.9 Å². The van der Waals surface area contributed by atoms with Crippen molar-refractivity contribution in [3.63, 3.8) is 0 Å². The largest absolute Gasteiger partial charge is 0.490 e. The zero-order chi connectivity index (χ0) is 23.3. The summed E-state index contributed by atoms with van der Waals surface area (Å²) in [7, 11) is 0. The zero-order valence-electron chi connectivity index (χ0n) is 16.7. The number of aromatic amines is 1. The molecule has 0 aliphatic carbocycles. The molecule has 0 aliphatic rings. The summed E-state index contributed by atoms with van der Waals surface area (Å²) in [5, 5.41) is 14.4. The number of benzene rings is 2. The Morgan fingerprint density at radius 1 is 1.16 bits per heavy atom. The number of nitrogens with zero attached hydrogens (tertiary/aromatic N) is 4. The first-order chi connectivity index (χ1) is 15.1. The van der Waals surface area contributed by atoms with Gasteiger partial charge in [0.15, 0.2) is 0 Å². The van der Waals surface area contributed by atoms with Crippen molar-refractivity contribution < 1.29 is 27.5 Å². The standard InChI is InChI=1S/C18H17FN6.C2HF3O2/c1-12-23-16-4-2-14(7-17(16)24-12)9-20-8-13-3-5-18(15(19)6-13)25-11-21-10-22-25;3-2(4,5)1(6)7/h2-7,10-11,20H,8-9H2,1H3,(H,23,24);(H,6,7). The van der Waals surface area contributed by atoms with Crippen LogP contribution < -0.4 is 5.32 Å². The van der Waals surface area contributed by atoms with E-state index in [4.69, 9.17) is 9.90 Å². The van der Waals surface area contributed by atoms with Crippen molar-refractivity contribution in [2.24, 2.45) is 0 Å². The van der Waals surface area contributed by atoms with E-state index < -0.39 is 12.1 Å². The molecule has 4 rings (SSSR count). The number of alkyl halides is 3. The van der Waals surface area contributed by atoms with Gasteiger partial charge in [-0.2, -0.15) is 18.3 Å². The molecule has 2 aromatic heterocycles. The van der Waals surface area contributed by atoms with Crippen LogP contribution >= 0.6 is 0 Å². The molecule has 0 spiro atoms. The molecule has 0 saturated carbocycles. The second-order valence-corrected chi connectivity index (χ2v) is 6.71. The summed E-state index contributed by atoms with van der Waals surface area (Å²) >= 11 is 0. The van der Waals surface area contributed by atoms with Gasteiger partial charge in [0.2, 0.25) is 0 Å². The average molecular weight is 450 g/mol. The van der Waals surface area contributed by atoms with Gasteiger partial charge in [0.1, 0.15) is 30.0 Å². The fourth-order valence-corrected chi connectivity index (χ4v) is 2.82. The van der Waals surface area contributed by atoms with Gasteiger partial charge in [0.05, 0.1) is 11.0 Å². The second-order valence-electron chi connectivity index (χ2n) is 6.71. The lowest BCUT2D eigenvalue weighted by molar-refractivity contribution is -0.192. The third-order valence-corrected chi connectivity index (χ3v) is 4.24. The van der Waals surface area contributed by atoms with Crippen molar-refractivity contribution in [3.8, 4) is 5.69 Å². The maximum Gasteiger partial charge on any atom is 0.490 e. The number of carboxylic acids is 1. The molecule has 0 saturated heterocycles. The van der Waals surface area contributed by atoms with E-state index in [0.29, 0.717) is 18.8 Å². The Labute approximate surface area is 178 Å². The molecule has 2 aromatic carbocycles. The van der Waals surface area contributed by atoms with Gasteiger partial charge in [-0.3, -0.25) is 0 Å². The molecule has 4 aromatic rings. The molecule has 0 bridgehead atoms. The minimum absolute atomic E-state index is 0.320. The van der Waals surface area contributed by atoms with Gasteiger partial charge >= 0.3 is 12.1 Å². The molecule has 0 atom stereocenters. The molecule has 12 heteroatoms. The Balaban J connectivity index is 0.000000360. The molecule has 0 fully saturated rings. The van der Waals surface area contributed by atoms with Crippen molar-refractivity contribution in [3.05, 3.63) is 71.8 Å². The highest BCUT2D eigenvalue weighted by Crippen LogP contribution is 2.16. The summed E-state index contributed by atoms with van der Waals surface area (Å²) in [5.41, 5.74) is 4.41. The number of nitrogens with one attached hydrogen (secondary N) is 2. The lowest BCUT2D eigenvalue weighted by atomic mass is 10.1. The van der Waals surface area contributed by atoms with Crippen LogP contribution in [0.3, 0.4) is 0 Å². The van der Waals surface area contributed by atoms with Gasteiger partial charge in [0, 0.05) is 13.1 Å². The van der Waals surface area contributed by atoms with E-state index in [-0.39, 0.29) is 5.82 Å². The van der Waals surface area contributed by atoms with Crippen molar-refractivity contribution in [1.29, 1.82) is 0 Å². The SMILES string of the molecule is Cc1nc2ccc(CNCc3ccc(-n4cncn4)c(F)c3)cc2[nH]1.O=C(O)C(F)(F)F. The fraction of sp³-hybridized carbons (Fsp3) is 0.200. The predicted molar refractivity (Wildman–Crippen MR) is 106 cm³/mol. The maximum absolute atomic E-state index is 14.2. The van der Waals surface area contributed by atoms with Crippen LogP contribution in [-0.4, -0.2) is 42.0 Å². The number of hydrogen-bond donors (Lipinski definition) is 3. The summed E-state index contributed by atoms with van der Waals surface area (Å²) in [6, 6.07) is 11.2. The number of imidazole rings is 1. The normalized spacial score (nSPS) is 11.3. The van der Waals surface area contributed by atoms with E-state index >= 15 is 0 Å². The first kappa shape index (κ1) is 22.9. The van der Waals surface area contributed by atoms with E-state index in [0.717, 1.165) is 28.0 Å². The molecule has 32 heavy (non-hydrogen) atoms. The fourth-order valence-electron chi connectivity index (χ4n) is 2.82. The first-order valence-electron chi connectivity index (χ1n) is 9.23. The van der Waals surface area contributed by atoms with Gasteiger partial charge in [-0.05, 0) is 42.3 Å². The molecule has 0 unspecified atom stereocenters. The number of halogens is 4. The summed E-state index contributed by atoms with van der Waals surface area (Å²) in [4.78, 5) is 20.4. The Morgan fingerprint density at radius 3 is 2.41 bits per heavy atom. The summed E-state index contributed by atoms with van der Waals surface area (Å²) < 4.78 is 47.4. The number of carboxylic acid groups (broad SMARTS) is 1. The molecular formula is C20H18F4N6O2. The topological polar surface area (TPSA) is 109 Å². The highest BCUT2D eigenvalue weighted by molar-refractivity contribution is 5.75. The first-order valence-corrected chi connectivity index (χ1v) is 9.23. The third-order valence-electron chi connectivity index (χ3n) is 4.24. The molecule has 0 amide bonds. The van der Waals surface area contributed by atoms with Gasteiger partial charge in [-0.15, -0.1) is 0 Å². The van der Waals surface area contributed by atoms with Gasteiger partial charge in [-0.1, -0.05) is 12.1 Å². The van der Waals surface area contributed by atoms with Crippen LogP contribution in [0.4, 0.5) is 17.6 Å². The molecule has 0 aliphatic heterocycles. The van der Waals surface area contributed by atoms with Crippen molar-refractivity contribution in [1.82, 2.24) is 30.0 Å². The lowest BCUT2D eigenvalue weighted by Crippen LogP contribution is -2.21. The number of aryl methyl sites for hydroxylation is 1. The molecular weight excluding hydrogens is 432 g/mol. The molecule has 3 N–H and O–H groups in total. The predicted octanol–water partition coefficient (Wildman–Crippen LogP) is 3.51. The Bertz CT molecular complexity index is 1200. The molecule has 168 valence electrons. The van der Waals surface area contributed by atoms with E-state index in [1.54, 1.807) is 6.07 Å². The van der Waals surface area contributed by atoms with Crippen LogP contribution in [0.15, 0.2) is 49.1 Å². The van der Waals surface area contributed by atoms with Crippen LogP contribution in [0, 0.1) is 12.7 Å². The quantitative estimate of drug-likeness (QED) is 0.402. The lowest BCUT2D eigenvalue weighted by Gasteiger charge is -2.08. The van der Waals surface area contributed by atoms with Gasteiger partial charge in [0.25, 0.3) is 0 Å². The monoisotopic (exact) mass is 450 g/mol. The van der Waals surface area contributed by atoms with E-state index in [9.17, 15) is 17.6 Å². The summed E-state index contributed by atoms with van der Waals surface area (Å²) in [6.07, 6.45) is -2.23. The van der Waals surface area contributed by atoms with Crippen molar-refractivity contribution >= 4 is 17.0 Å². The van der Waals surface area contributed by atoms with Crippen LogP contribution in [0.5, 0.6) is 0 Å². The average Bonchev–Trinajstić information content (AvgIpc) is 3.36. The van der Waals surface area contributed by atoms with Crippen LogP contribution in [0.25, 0.3) is 16.7 Å². The molecule has 2 heterocycles.